The first-order valence-electron chi connectivity index (χ1n) is 13.7. The number of carbonyl (C=O) groups is 5. The molecule has 214 valence electrons. The van der Waals surface area contributed by atoms with Crippen LogP contribution in [0.2, 0.25) is 0 Å². The minimum atomic E-state index is -0.873. The average Bonchev–Trinajstić information content (AvgIpc) is 3.51. The molecule has 4 aliphatic heterocycles. The number of nitrogens with one attached hydrogen (secondary N) is 1. The number of carbonyl (C=O) groups excluding carboxylic acids is 5. The molecular formula is C28H30FN7O5. The first kappa shape index (κ1) is 26.9. The van der Waals surface area contributed by atoms with Gasteiger partial charge in [-0.3, -0.25) is 34.2 Å². The molecule has 3 unspecified atom stereocenters. The Hall–Kier alpha value is -4.26. The standard InChI is InChI=1S/C28H30FN7O5/c1-33(23-2-3-26(39)32-27(23)40)28(41)21-5-22(29)24(4-16(21)14-37)35-10-17-8-34(9-18(17)11-35)20-12-36(13-20)25-7-30-19(15-38)6-31-25/h4-7,14-15,17-18,20,23H,2-3,8-13H2,1H3,(H,32,39,40). The van der Waals surface area contributed by atoms with Gasteiger partial charge in [-0.15, -0.1) is 0 Å². The van der Waals surface area contributed by atoms with Crippen LogP contribution in [-0.2, 0) is 9.59 Å². The van der Waals surface area contributed by atoms with E-state index >= 15 is 4.39 Å². The van der Waals surface area contributed by atoms with Crippen molar-refractivity contribution < 1.29 is 28.4 Å². The average molecular weight is 564 g/mol. The molecule has 1 N–H and O–H groups in total. The van der Waals surface area contributed by atoms with Gasteiger partial charge < -0.3 is 14.7 Å². The molecule has 0 aliphatic carbocycles. The topological polar surface area (TPSA) is 136 Å². The third-order valence-electron chi connectivity index (χ3n) is 8.81. The molecule has 2 aromatic rings. The maximum atomic E-state index is 15.4. The fraction of sp³-hybridized carbons (Fsp3) is 0.464. The molecule has 1 aromatic heterocycles. The Bertz CT molecular complexity index is 1400. The summed E-state index contributed by atoms with van der Waals surface area (Å²) in [5.74, 6) is -0.768. The summed E-state index contributed by atoms with van der Waals surface area (Å²) in [7, 11) is 1.41. The van der Waals surface area contributed by atoms with E-state index in [1.54, 1.807) is 6.20 Å². The van der Waals surface area contributed by atoms with Crippen LogP contribution < -0.4 is 15.1 Å². The number of piperidine rings is 1. The first-order chi connectivity index (χ1) is 19.7. The van der Waals surface area contributed by atoms with Crippen LogP contribution in [0.25, 0.3) is 0 Å². The SMILES string of the molecule is CN(C(=O)c1cc(F)c(N2CC3CN(C4CN(c5cnc(C=O)cn5)C4)CC3C2)cc1C=O)C1CCC(=O)NC1=O. The smallest absolute Gasteiger partial charge is 0.255 e. The quantitative estimate of drug-likeness (QED) is 0.372. The third-order valence-corrected chi connectivity index (χ3v) is 8.81. The Morgan fingerprint density at radius 1 is 1.00 bits per heavy atom. The van der Waals surface area contributed by atoms with Gasteiger partial charge in [-0.05, 0) is 30.4 Å². The van der Waals surface area contributed by atoms with Crippen LogP contribution >= 0.6 is 0 Å². The molecule has 4 aliphatic rings. The van der Waals surface area contributed by atoms with E-state index in [0.29, 0.717) is 54.9 Å². The number of anilines is 2. The molecule has 41 heavy (non-hydrogen) atoms. The lowest BCUT2D eigenvalue weighted by Gasteiger charge is -2.45. The summed E-state index contributed by atoms with van der Waals surface area (Å²) in [6.45, 7) is 4.75. The van der Waals surface area contributed by atoms with E-state index in [1.165, 1.54) is 19.3 Å². The number of hydrogen-bond acceptors (Lipinski definition) is 10. The zero-order chi connectivity index (χ0) is 28.8. The molecule has 12 nitrogen and oxygen atoms in total. The normalized spacial score (nSPS) is 24.6. The van der Waals surface area contributed by atoms with E-state index in [9.17, 15) is 24.0 Å². The molecule has 6 rings (SSSR count). The van der Waals surface area contributed by atoms with Crippen LogP contribution in [0.15, 0.2) is 24.5 Å². The number of hydrogen-bond donors (Lipinski definition) is 1. The second kappa shape index (κ2) is 10.6. The van der Waals surface area contributed by atoms with E-state index in [4.69, 9.17) is 0 Å². The highest BCUT2D eigenvalue weighted by molar-refractivity contribution is 6.06. The summed E-state index contributed by atoms with van der Waals surface area (Å²) >= 11 is 0. The van der Waals surface area contributed by atoms with Crippen molar-refractivity contribution in [3.63, 3.8) is 0 Å². The number of aldehydes is 2. The van der Waals surface area contributed by atoms with Crippen LogP contribution in [0, 0.1) is 17.7 Å². The lowest BCUT2D eigenvalue weighted by molar-refractivity contribution is -0.136. The number of likely N-dealkylation sites (tertiary alicyclic amines) is 1. The molecule has 3 atom stereocenters. The molecule has 1 aromatic carbocycles. The van der Waals surface area contributed by atoms with Crippen LogP contribution in [0.3, 0.4) is 0 Å². The highest BCUT2D eigenvalue weighted by Gasteiger charge is 2.45. The van der Waals surface area contributed by atoms with Gasteiger partial charge in [-0.1, -0.05) is 0 Å². The van der Waals surface area contributed by atoms with Crippen LogP contribution in [0.1, 0.15) is 44.0 Å². The van der Waals surface area contributed by atoms with E-state index in [2.05, 4.69) is 25.1 Å². The Kier molecular flexibility index (Phi) is 6.98. The number of fused-ring (bicyclic) bond motifs is 1. The predicted octanol–water partition coefficient (Wildman–Crippen LogP) is 0.375. The van der Waals surface area contributed by atoms with Crippen molar-refractivity contribution in [1.82, 2.24) is 25.1 Å². The Balaban J connectivity index is 1.08. The third kappa shape index (κ3) is 4.94. The molecule has 4 saturated heterocycles. The summed E-state index contributed by atoms with van der Waals surface area (Å²) in [5, 5.41) is 2.21. The molecule has 13 heteroatoms. The van der Waals surface area contributed by atoms with Gasteiger partial charge in [-0.2, -0.15) is 0 Å². The van der Waals surface area contributed by atoms with E-state index < -0.39 is 29.6 Å². The van der Waals surface area contributed by atoms with Gasteiger partial charge in [0, 0.05) is 64.3 Å². The highest BCUT2D eigenvalue weighted by atomic mass is 19.1. The molecular weight excluding hydrogens is 533 g/mol. The van der Waals surface area contributed by atoms with Crippen molar-refractivity contribution in [3.8, 4) is 0 Å². The van der Waals surface area contributed by atoms with Crippen molar-refractivity contribution in [2.75, 3.05) is 56.1 Å². The Morgan fingerprint density at radius 3 is 2.34 bits per heavy atom. The number of aromatic nitrogens is 2. The summed E-state index contributed by atoms with van der Waals surface area (Å²) < 4.78 is 15.4. The summed E-state index contributed by atoms with van der Waals surface area (Å²) in [6.07, 6.45) is 4.55. The summed E-state index contributed by atoms with van der Waals surface area (Å²) in [4.78, 5) is 75.7. The van der Waals surface area contributed by atoms with Crippen molar-refractivity contribution in [2.45, 2.75) is 24.9 Å². The highest BCUT2D eigenvalue weighted by Crippen LogP contribution is 2.38. The predicted molar refractivity (Wildman–Crippen MR) is 144 cm³/mol. The zero-order valence-electron chi connectivity index (χ0n) is 22.5. The second-order valence-electron chi connectivity index (χ2n) is 11.2. The molecule has 5 heterocycles. The number of amides is 3. The van der Waals surface area contributed by atoms with E-state index in [-0.39, 0.29) is 24.0 Å². The minimum absolute atomic E-state index is 0.0584. The zero-order valence-corrected chi connectivity index (χ0v) is 22.5. The first-order valence-corrected chi connectivity index (χ1v) is 13.7. The van der Waals surface area contributed by atoms with Gasteiger partial charge in [-0.25, -0.2) is 14.4 Å². The number of likely N-dealkylation sites (N-methyl/N-ethyl adjacent to an activating group) is 1. The Morgan fingerprint density at radius 2 is 1.73 bits per heavy atom. The van der Waals surface area contributed by atoms with Gasteiger partial charge in [0.05, 0.1) is 23.6 Å². The largest absolute Gasteiger partial charge is 0.368 e. The van der Waals surface area contributed by atoms with Gasteiger partial charge in [0.15, 0.2) is 12.6 Å². The van der Waals surface area contributed by atoms with Crippen molar-refractivity contribution >= 4 is 41.8 Å². The molecule has 0 saturated carbocycles. The lowest BCUT2D eigenvalue weighted by Crippen LogP contribution is -2.59. The number of imide groups is 1. The lowest BCUT2D eigenvalue weighted by atomic mass is 10.0. The fourth-order valence-electron chi connectivity index (χ4n) is 6.44. The summed E-state index contributed by atoms with van der Waals surface area (Å²) in [6, 6.07) is 2.03. The molecule has 3 amide bonds. The Labute approximate surface area is 235 Å². The molecule has 0 radical (unpaired) electrons. The van der Waals surface area contributed by atoms with Crippen molar-refractivity contribution in [3.05, 3.63) is 47.2 Å². The van der Waals surface area contributed by atoms with Crippen LogP contribution in [-0.4, -0.2) is 108 Å². The van der Waals surface area contributed by atoms with Gasteiger partial charge >= 0.3 is 0 Å². The molecule has 0 bridgehead atoms. The molecule has 4 fully saturated rings. The number of nitrogens with zero attached hydrogens (tertiary/aromatic N) is 6. The van der Waals surface area contributed by atoms with Crippen molar-refractivity contribution in [2.24, 2.45) is 11.8 Å². The molecule has 0 spiro atoms. The van der Waals surface area contributed by atoms with Gasteiger partial charge in [0.25, 0.3) is 5.91 Å². The monoisotopic (exact) mass is 563 g/mol. The number of halogens is 1. The minimum Gasteiger partial charge on any atom is -0.368 e. The number of rotatable bonds is 7. The van der Waals surface area contributed by atoms with Crippen LogP contribution in [0.4, 0.5) is 15.9 Å². The van der Waals surface area contributed by atoms with Gasteiger partial charge in [0.1, 0.15) is 23.4 Å². The second-order valence-corrected chi connectivity index (χ2v) is 11.2. The van der Waals surface area contributed by atoms with Crippen molar-refractivity contribution in [1.29, 1.82) is 0 Å². The van der Waals surface area contributed by atoms with E-state index in [1.807, 2.05) is 4.90 Å². The fourth-order valence-corrected chi connectivity index (χ4v) is 6.44. The number of benzene rings is 1. The van der Waals surface area contributed by atoms with Crippen LogP contribution in [0.5, 0.6) is 0 Å². The van der Waals surface area contributed by atoms with E-state index in [0.717, 1.165) is 43.0 Å². The maximum Gasteiger partial charge on any atom is 0.255 e. The van der Waals surface area contributed by atoms with Gasteiger partial charge in [0.2, 0.25) is 11.8 Å². The summed E-state index contributed by atoms with van der Waals surface area (Å²) in [5.41, 5.74) is 0.544. The maximum absolute atomic E-state index is 15.4.